The van der Waals surface area contributed by atoms with E-state index >= 15 is 0 Å². The summed E-state index contributed by atoms with van der Waals surface area (Å²) >= 11 is 0. The first-order valence-corrected chi connectivity index (χ1v) is 8.26. The number of hydrogen-bond donors (Lipinski definition) is 3. The van der Waals surface area contributed by atoms with E-state index in [1.54, 1.807) is 24.3 Å². The Bertz CT molecular complexity index is 788. The summed E-state index contributed by atoms with van der Waals surface area (Å²) < 4.78 is 38.0. The van der Waals surface area contributed by atoms with Crippen molar-refractivity contribution in [2.75, 3.05) is 19.6 Å². The Kier molecular flexibility index (Phi) is 6.51. The van der Waals surface area contributed by atoms with Crippen LogP contribution in [0, 0.1) is 0 Å². The van der Waals surface area contributed by atoms with E-state index in [0.29, 0.717) is 36.2 Å². The number of hydrogen-bond acceptors (Lipinski definition) is 3. The molecule has 0 aromatic heterocycles. The lowest BCUT2D eigenvalue weighted by molar-refractivity contribution is -0.137. The van der Waals surface area contributed by atoms with E-state index in [-0.39, 0.29) is 24.9 Å². The maximum atomic E-state index is 12.7. The third kappa shape index (κ3) is 5.22. The zero-order chi connectivity index (χ0) is 18.8. The fourth-order valence-corrected chi connectivity index (χ4v) is 2.92. The molecule has 3 rings (SSSR count). The van der Waals surface area contributed by atoms with Crippen molar-refractivity contribution in [3.63, 3.8) is 0 Å². The van der Waals surface area contributed by atoms with Gasteiger partial charge in [-0.2, -0.15) is 13.2 Å². The first-order valence-electron chi connectivity index (χ1n) is 8.26. The minimum absolute atomic E-state index is 0. The molecule has 2 aromatic rings. The molecule has 3 N–H and O–H groups in total. The molecule has 146 valence electrons. The maximum Gasteiger partial charge on any atom is 0.416 e. The van der Waals surface area contributed by atoms with Gasteiger partial charge in [-0.15, -0.1) is 12.4 Å². The van der Waals surface area contributed by atoms with Crippen LogP contribution in [0.5, 0.6) is 0 Å². The van der Waals surface area contributed by atoms with E-state index in [0.717, 1.165) is 12.1 Å². The number of carbonyl (C=O) groups excluding carboxylic acids is 1. The lowest BCUT2D eigenvalue weighted by Crippen LogP contribution is -2.44. The van der Waals surface area contributed by atoms with Gasteiger partial charge >= 0.3 is 6.18 Å². The number of benzene rings is 2. The molecule has 0 bridgehead atoms. The molecule has 4 nitrogen and oxygen atoms in total. The standard InChI is InChI=1S/C19H19F3N2O2.ClH/c20-19(21,22)16-6-4-13(5-7-16)14-2-1-3-15(10-14)17(25)24-12-18(26)8-9-23-11-18;/h1-7,10,23,26H,8-9,11-12H2,(H,24,25);1H. The molecule has 27 heavy (non-hydrogen) atoms. The van der Waals surface area contributed by atoms with Gasteiger partial charge in [-0.3, -0.25) is 4.79 Å². The molecule has 0 radical (unpaired) electrons. The SMILES string of the molecule is Cl.O=C(NCC1(O)CCNC1)c1cccc(-c2ccc(C(F)(F)F)cc2)c1. The third-order valence-electron chi connectivity index (χ3n) is 4.47. The largest absolute Gasteiger partial charge is 0.416 e. The maximum absolute atomic E-state index is 12.7. The molecule has 1 unspecified atom stereocenters. The van der Waals surface area contributed by atoms with Gasteiger partial charge in [0.1, 0.15) is 0 Å². The zero-order valence-electron chi connectivity index (χ0n) is 14.3. The molecular formula is C19H20ClF3N2O2. The third-order valence-corrected chi connectivity index (χ3v) is 4.47. The lowest BCUT2D eigenvalue weighted by atomic mass is 10.0. The Morgan fingerprint density at radius 3 is 2.44 bits per heavy atom. The van der Waals surface area contributed by atoms with Gasteiger partial charge in [0.05, 0.1) is 11.2 Å². The van der Waals surface area contributed by atoms with Crippen molar-refractivity contribution >= 4 is 18.3 Å². The smallest absolute Gasteiger partial charge is 0.387 e. The summed E-state index contributed by atoms with van der Waals surface area (Å²) in [6.45, 7) is 1.28. The molecule has 1 amide bonds. The van der Waals surface area contributed by atoms with Crippen LogP contribution in [0.1, 0.15) is 22.3 Å². The molecule has 1 fully saturated rings. The number of rotatable bonds is 4. The van der Waals surface area contributed by atoms with Crippen LogP contribution >= 0.6 is 12.4 Å². The van der Waals surface area contributed by atoms with Gasteiger partial charge in [-0.25, -0.2) is 0 Å². The monoisotopic (exact) mass is 400 g/mol. The highest BCUT2D eigenvalue weighted by molar-refractivity contribution is 5.95. The summed E-state index contributed by atoms with van der Waals surface area (Å²) in [7, 11) is 0. The second kappa shape index (κ2) is 8.29. The van der Waals surface area contributed by atoms with Gasteiger partial charge in [-0.05, 0) is 48.4 Å². The summed E-state index contributed by atoms with van der Waals surface area (Å²) in [5.41, 5.74) is -0.0369. The van der Waals surface area contributed by atoms with Crippen molar-refractivity contribution in [3.05, 3.63) is 59.7 Å². The quantitative estimate of drug-likeness (QED) is 0.738. The topological polar surface area (TPSA) is 61.4 Å². The van der Waals surface area contributed by atoms with Gasteiger partial charge in [-0.1, -0.05) is 24.3 Å². The van der Waals surface area contributed by atoms with E-state index in [9.17, 15) is 23.1 Å². The van der Waals surface area contributed by atoms with E-state index in [4.69, 9.17) is 0 Å². The lowest BCUT2D eigenvalue weighted by Gasteiger charge is -2.21. The van der Waals surface area contributed by atoms with Crippen molar-refractivity contribution in [2.45, 2.75) is 18.2 Å². The predicted molar refractivity (Wildman–Crippen MR) is 98.9 cm³/mol. The minimum atomic E-state index is -4.38. The number of amides is 1. The Morgan fingerprint density at radius 1 is 1.15 bits per heavy atom. The van der Waals surface area contributed by atoms with Crippen LogP contribution in [0.15, 0.2) is 48.5 Å². The van der Waals surface area contributed by atoms with Gasteiger partial charge < -0.3 is 15.7 Å². The molecular weight excluding hydrogens is 381 g/mol. The summed E-state index contributed by atoms with van der Waals surface area (Å²) in [5, 5.41) is 16.0. The first kappa shape index (κ1) is 21.2. The normalized spacial score (nSPS) is 19.4. The minimum Gasteiger partial charge on any atom is -0.387 e. The molecule has 0 aliphatic carbocycles. The number of carbonyl (C=O) groups is 1. The van der Waals surface area contributed by atoms with Crippen molar-refractivity contribution in [1.82, 2.24) is 10.6 Å². The summed E-state index contributed by atoms with van der Waals surface area (Å²) in [5.74, 6) is -0.334. The van der Waals surface area contributed by atoms with Crippen LogP contribution in [-0.2, 0) is 6.18 Å². The van der Waals surface area contributed by atoms with Crippen LogP contribution in [0.3, 0.4) is 0 Å². The van der Waals surface area contributed by atoms with E-state index < -0.39 is 17.3 Å². The second-order valence-electron chi connectivity index (χ2n) is 6.49. The molecule has 1 aliphatic heterocycles. The zero-order valence-corrected chi connectivity index (χ0v) is 15.2. The van der Waals surface area contributed by atoms with Crippen molar-refractivity contribution in [1.29, 1.82) is 0 Å². The number of halogens is 4. The van der Waals surface area contributed by atoms with E-state index in [1.165, 1.54) is 12.1 Å². The molecule has 1 saturated heterocycles. The van der Waals surface area contributed by atoms with Crippen LogP contribution in [0.25, 0.3) is 11.1 Å². The first-order chi connectivity index (χ1) is 12.3. The molecule has 8 heteroatoms. The Balaban J connectivity index is 0.00000261. The Labute approximate surface area is 161 Å². The highest BCUT2D eigenvalue weighted by Gasteiger charge is 2.31. The Morgan fingerprint density at radius 2 is 1.85 bits per heavy atom. The molecule has 1 atom stereocenters. The van der Waals surface area contributed by atoms with Crippen molar-refractivity contribution < 1.29 is 23.1 Å². The predicted octanol–water partition coefficient (Wildman–Crippen LogP) is 3.25. The summed E-state index contributed by atoms with van der Waals surface area (Å²) in [6.07, 6.45) is -3.81. The van der Waals surface area contributed by atoms with Gasteiger partial charge in [0, 0.05) is 18.7 Å². The fraction of sp³-hybridized carbons (Fsp3) is 0.316. The van der Waals surface area contributed by atoms with Crippen LogP contribution in [-0.4, -0.2) is 36.2 Å². The average Bonchev–Trinajstić information content (AvgIpc) is 3.06. The highest BCUT2D eigenvalue weighted by atomic mass is 35.5. The molecule has 0 spiro atoms. The molecule has 1 aliphatic rings. The molecule has 2 aromatic carbocycles. The highest BCUT2D eigenvalue weighted by Crippen LogP contribution is 2.31. The van der Waals surface area contributed by atoms with Crippen molar-refractivity contribution in [2.24, 2.45) is 0 Å². The summed E-state index contributed by atoms with van der Waals surface area (Å²) in [4.78, 5) is 12.3. The average molecular weight is 401 g/mol. The number of alkyl halides is 3. The van der Waals surface area contributed by atoms with Gasteiger partial charge in [0.2, 0.25) is 0 Å². The number of nitrogens with one attached hydrogen (secondary N) is 2. The van der Waals surface area contributed by atoms with Gasteiger partial charge in [0.25, 0.3) is 5.91 Å². The van der Waals surface area contributed by atoms with E-state index in [1.807, 2.05) is 0 Å². The second-order valence-corrected chi connectivity index (χ2v) is 6.49. The summed E-state index contributed by atoms with van der Waals surface area (Å²) in [6, 6.07) is 11.4. The Hall–Kier alpha value is -2.09. The van der Waals surface area contributed by atoms with Crippen LogP contribution in [0.2, 0.25) is 0 Å². The number of β-amino-alcohol motifs (C(OH)–C–C–N with tert-alkyl or cyclic N) is 1. The van der Waals surface area contributed by atoms with Crippen LogP contribution < -0.4 is 10.6 Å². The van der Waals surface area contributed by atoms with E-state index in [2.05, 4.69) is 10.6 Å². The van der Waals surface area contributed by atoms with Gasteiger partial charge in [0.15, 0.2) is 0 Å². The fourth-order valence-electron chi connectivity index (χ4n) is 2.92. The molecule has 1 heterocycles. The molecule has 0 saturated carbocycles. The number of aliphatic hydroxyl groups is 1. The van der Waals surface area contributed by atoms with Crippen LogP contribution in [0.4, 0.5) is 13.2 Å². The van der Waals surface area contributed by atoms with Crippen molar-refractivity contribution in [3.8, 4) is 11.1 Å².